The Hall–Kier alpha value is -3.98. The first kappa shape index (κ1) is 27.6. The van der Waals surface area contributed by atoms with Crippen molar-refractivity contribution in [3.63, 3.8) is 0 Å². The number of nitro benzene ring substituents is 1. The predicted molar refractivity (Wildman–Crippen MR) is 139 cm³/mol. The van der Waals surface area contributed by atoms with Crippen LogP contribution in [0.3, 0.4) is 0 Å². The van der Waals surface area contributed by atoms with Gasteiger partial charge in [-0.1, -0.05) is 48.5 Å². The van der Waals surface area contributed by atoms with Gasteiger partial charge < -0.3 is 14.8 Å². The lowest BCUT2D eigenvalue weighted by Gasteiger charge is -2.28. The number of esters is 2. The molecule has 196 valence electrons. The summed E-state index contributed by atoms with van der Waals surface area (Å²) in [6.07, 6.45) is 1.00. The third-order valence-electron chi connectivity index (χ3n) is 6.38. The van der Waals surface area contributed by atoms with E-state index >= 15 is 0 Å². The fourth-order valence-corrected chi connectivity index (χ4v) is 4.37. The number of nitrogens with zero attached hydrogens (tertiary/aromatic N) is 2. The first-order valence-corrected chi connectivity index (χ1v) is 12.1. The minimum atomic E-state index is -0.541. The molecule has 37 heavy (non-hydrogen) atoms. The molecule has 1 atom stereocenters. The van der Waals surface area contributed by atoms with E-state index in [1.54, 1.807) is 25.1 Å². The van der Waals surface area contributed by atoms with Gasteiger partial charge in [-0.25, -0.2) is 9.59 Å². The number of ether oxygens (including phenoxy) is 2. The number of para-hydroxylation sites is 1. The number of carbonyl (C=O) groups is 2. The fourth-order valence-electron chi connectivity index (χ4n) is 4.37. The van der Waals surface area contributed by atoms with E-state index in [1.807, 2.05) is 32.0 Å². The van der Waals surface area contributed by atoms with E-state index in [0.717, 1.165) is 25.2 Å². The summed E-state index contributed by atoms with van der Waals surface area (Å²) in [5.41, 5.74) is 3.21. The first-order valence-electron chi connectivity index (χ1n) is 12.1. The Bertz CT molecular complexity index is 1190. The lowest BCUT2D eigenvalue weighted by molar-refractivity contribution is -0.384. The summed E-state index contributed by atoms with van der Waals surface area (Å²) in [6.45, 7) is 8.01. The van der Waals surface area contributed by atoms with Crippen LogP contribution >= 0.6 is 0 Å². The van der Waals surface area contributed by atoms with E-state index in [-0.39, 0.29) is 18.1 Å². The third-order valence-corrected chi connectivity index (χ3v) is 6.38. The number of carbonyl (C=O) groups excluding carboxylic acids is 2. The van der Waals surface area contributed by atoms with Gasteiger partial charge in [0.1, 0.15) is 5.60 Å². The molecule has 1 saturated heterocycles. The second-order valence-corrected chi connectivity index (χ2v) is 9.38. The van der Waals surface area contributed by atoms with E-state index in [1.165, 1.54) is 24.8 Å². The minimum Gasteiger partial charge on any atom is -0.466 e. The largest absolute Gasteiger partial charge is 0.466 e. The van der Waals surface area contributed by atoms with Crippen molar-refractivity contribution in [3.8, 4) is 0 Å². The quantitative estimate of drug-likeness (QED) is 0.346. The van der Waals surface area contributed by atoms with Gasteiger partial charge in [-0.3, -0.25) is 15.0 Å². The summed E-state index contributed by atoms with van der Waals surface area (Å²) in [5.74, 6) is -0.799. The molecule has 1 fully saturated rings. The molecule has 2 heterocycles. The number of allylic oxidation sites excluding steroid dienone is 2. The predicted octanol–water partition coefficient (Wildman–Crippen LogP) is 4.50. The van der Waals surface area contributed by atoms with Gasteiger partial charge in [-0.15, -0.1) is 0 Å². The lowest BCUT2D eigenvalue weighted by Crippen LogP contribution is -2.37. The monoisotopic (exact) mass is 507 g/mol. The highest BCUT2D eigenvalue weighted by Crippen LogP contribution is 2.30. The van der Waals surface area contributed by atoms with Crippen molar-refractivity contribution in [2.24, 2.45) is 0 Å². The van der Waals surface area contributed by atoms with Crippen LogP contribution in [0.5, 0.6) is 0 Å². The van der Waals surface area contributed by atoms with E-state index in [9.17, 15) is 19.7 Å². The number of nitro groups is 1. The van der Waals surface area contributed by atoms with Crippen molar-refractivity contribution >= 4 is 17.6 Å². The van der Waals surface area contributed by atoms with Crippen molar-refractivity contribution in [2.45, 2.75) is 45.8 Å². The number of methoxy groups -OCH3 is 1. The molecule has 2 aliphatic heterocycles. The topological polar surface area (TPSA) is 111 Å². The zero-order valence-corrected chi connectivity index (χ0v) is 21.7. The highest BCUT2D eigenvalue weighted by Gasteiger charge is 2.39. The van der Waals surface area contributed by atoms with Crippen LogP contribution < -0.4 is 5.32 Å². The van der Waals surface area contributed by atoms with Crippen LogP contribution in [-0.4, -0.2) is 47.6 Å². The highest BCUT2D eigenvalue weighted by atomic mass is 16.6. The Morgan fingerprint density at radius 3 is 2.11 bits per heavy atom. The molecule has 1 N–H and O–H groups in total. The molecule has 2 aromatic carbocycles. The van der Waals surface area contributed by atoms with Crippen molar-refractivity contribution in [1.82, 2.24) is 10.2 Å². The van der Waals surface area contributed by atoms with Gasteiger partial charge in [0.05, 0.1) is 23.2 Å². The molecule has 0 radical (unpaired) electrons. The van der Waals surface area contributed by atoms with Gasteiger partial charge in [-0.05, 0) is 26.3 Å². The number of benzene rings is 2. The Labute approximate surface area is 216 Å². The van der Waals surface area contributed by atoms with Crippen molar-refractivity contribution in [1.29, 1.82) is 0 Å². The van der Waals surface area contributed by atoms with E-state index in [0.29, 0.717) is 23.4 Å². The van der Waals surface area contributed by atoms with Crippen molar-refractivity contribution in [2.75, 3.05) is 20.2 Å². The number of dihydropyridines is 1. The van der Waals surface area contributed by atoms with E-state index in [2.05, 4.69) is 22.3 Å². The highest BCUT2D eigenvalue weighted by molar-refractivity contribution is 5.96. The maximum atomic E-state index is 12.9. The second-order valence-electron chi connectivity index (χ2n) is 9.38. The molecule has 0 bridgehead atoms. The third kappa shape index (κ3) is 7.50. The van der Waals surface area contributed by atoms with Gasteiger partial charge in [0, 0.05) is 56.0 Å². The molecule has 0 aliphatic carbocycles. The summed E-state index contributed by atoms with van der Waals surface area (Å²) in [7, 11) is 1.34. The zero-order valence-electron chi connectivity index (χ0n) is 21.7. The van der Waals surface area contributed by atoms with Crippen LogP contribution in [0.1, 0.15) is 39.2 Å². The summed E-state index contributed by atoms with van der Waals surface area (Å²) in [4.78, 5) is 36.7. The number of rotatable bonds is 6. The molecule has 0 amide bonds. The number of non-ortho nitro benzene ring substituents is 1. The molecular formula is C28H33N3O6. The van der Waals surface area contributed by atoms with Gasteiger partial charge in [0.15, 0.2) is 0 Å². The summed E-state index contributed by atoms with van der Waals surface area (Å²) in [6, 6.07) is 18.2. The maximum absolute atomic E-state index is 12.9. The molecule has 0 spiro atoms. The van der Waals surface area contributed by atoms with Crippen LogP contribution in [0.25, 0.3) is 0 Å². The number of likely N-dealkylation sites (tertiary alicyclic amines) is 1. The Kier molecular flexibility index (Phi) is 9.19. The van der Waals surface area contributed by atoms with Crippen LogP contribution in [-0.2, 0) is 25.6 Å². The van der Waals surface area contributed by atoms with Gasteiger partial charge in [0.2, 0.25) is 0 Å². The molecule has 2 aliphatic rings. The van der Waals surface area contributed by atoms with Gasteiger partial charge in [-0.2, -0.15) is 0 Å². The first-order chi connectivity index (χ1) is 17.6. The summed E-state index contributed by atoms with van der Waals surface area (Å²) < 4.78 is 10.7. The molecule has 0 aromatic heterocycles. The van der Waals surface area contributed by atoms with Gasteiger partial charge in [0.25, 0.3) is 5.69 Å². The summed E-state index contributed by atoms with van der Waals surface area (Å²) in [5, 5.41) is 13.1. The lowest BCUT2D eigenvalue weighted by atomic mass is 9.97. The Morgan fingerprint density at radius 2 is 1.57 bits per heavy atom. The van der Waals surface area contributed by atoms with E-state index in [4.69, 9.17) is 9.47 Å². The fraction of sp³-hybridized carbons (Fsp3) is 0.357. The smallest absolute Gasteiger partial charge is 0.336 e. The van der Waals surface area contributed by atoms with Crippen molar-refractivity contribution < 1.29 is 24.0 Å². The number of hydrogen-bond donors (Lipinski definition) is 1. The van der Waals surface area contributed by atoms with Gasteiger partial charge >= 0.3 is 11.9 Å². The standard InChI is InChI=1S/C22H28N2O4.C6H5NO2/c1-15-18(20(25)27-4)12-19(16(2)23-15)21(26)28-22(3)10-11-24(14-22)13-17-8-6-5-7-9-17;8-7(9)6-4-2-1-3-5-6/h5-9,23H,10-14H2,1-4H3;1-5H. The second kappa shape index (κ2) is 12.3. The van der Waals surface area contributed by atoms with Crippen LogP contribution in [0.2, 0.25) is 0 Å². The maximum Gasteiger partial charge on any atom is 0.336 e. The molecule has 4 rings (SSSR count). The SMILES string of the molecule is COC(=O)C1=C(C)NC(C)=C(C(=O)OC2(C)CCN(Cc3ccccc3)C2)C1.O=[N+]([O-])c1ccccc1. The normalized spacial score (nSPS) is 19.5. The molecular weight excluding hydrogens is 474 g/mol. The molecule has 2 aromatic rings. The van der Waals surface area contributed by atoms with Crippen LogP contribution in [0.15, 0.2) is 83.2 Å². The minimum absolute atomic E-state index is 0.137. The average molecular weight is 508 g/mol. The molecule has 0 saturated carbocycles. The molecule has 1 unspecified atom stereocenters. The van der Waals surface area contributed by atoms with Crippen molar-refractivity contribution in [3.05, 3.63) is 98.9 Å². The molecule has 9 nitrogen and oxygen atoms in total. The number of hydrogen-bond acceptors (Lipinski definition) is 8. The Morgan fingerprint density at radius 1 is 1.00 bits per heavy atom. The molecule has 9 heteroatoms. The van der Waals surface area contributed by atoms with Crippen LogP contribution in [0.4, 0.5) is 5.69 Å². The number of nitrogens with one attached hydrogen (secondary N) is 1. The zero-order chi connectivity index (χ0) is 27.0. The van der Waals surface area contributed by atoms with E-state index < -0.39 is 16.5 Å². The average Bonchev–Trinajstić information content (AvgIpc) is 3.24. The van der Waals surface area contributed by atoms with Crippen LogP contribution in [0, 0.1) is 10.1 Å². The summed E-state index contributed by atoms with van der Waals surface area (Å²) >= 11 is 0. The Balaban J connectivity index is 0.000000356.